The summed E-state index contributed by atoms with van der Waals surface area (Å²) >= 11 is 1.93. The average molecular weight is 872 g/mol. The molecule has 1 N–H and O–H groups in total. The first-order valence-corrected chi connectivity index (χ1v) is 24.1. The topological polar surface area (TPSA) is 43.0 Å². The molecule has 1 aliphatic heterocycles. The smallest absolute Gasteiger partial charge is 0.227 e. The highest BCUT2D eigenvalue weighted by molar-refractivity contribution is 7.27. The van der Waals surface area contributed by atoms with E-state index in [9.17, 15) is 0 Å². The van der Waals surface area contributed by atoms with Crippen molar-refractivity contribution in [1.29, 1.82) is 0 Å². The molecule has 6 heteroatoms. The molecule has 2 aliphatic rings. The molecule has 0 fully saturated rings. The van der Waals surface area contributed by atoms with Crippen molar-refractivity contribution in [3.8, 4) is 39.4 Å². The van der Waals surface area contributed by atoms with Crippen molar-refractivity contribution >= 4 is 94.0 Å². The first-order chi connectivity index (χ1) is 31.7. The zero-order chi connectivity index (χ0) is 45.0. The molecule has 0 saturated heterocycles. The van der Waals surface area contributed by atoms with E-state index in [2.05, 4.69) is 193 Å². The Labute approximate surface area is 390 Å². The number of benzene rings is 8. The molecule has 0 radical (unpaired) electrons. The summed E-state index contributed by atoms with van der Waals surface area (Å²) in [5.41, 5.74) is 21.4. The fourth-order valence-electron chi connectivity index (χ4n) is 11.2. The third kappa shape index (κ3) is 5.67. The van der Waals surface area contributed by atoms with Gasteiger partial charge in [-0.1, -0.05) is 140 Å². The van der Waals surface area contributed by atoms with Crippen molar-refractivity contribution in [2.24, 2.45) is 0 Å². The van der Waals surface area contributed by atoms with Crippen LogP contribution in [0.2, 0.25) is 0 Å². The number of oxazole rings is 1. The Kier molecular flexibility index (Phi) is 8.13. The van der Waals surface area contributed by atoms with Crippen molar-refractivity contribution < 1.29 is 4.42 Å². The van der Waals surface area contributed by atoms with Gasteiger partial charge in [0.05, 0.1) is 11.0 Å². The Hall–Kier alpha value is -6.89. The maximum Gasteiger partial charge on any atom is 0.227 e. The molecule has 0 amide bonds. The van der Waals surface area contributed by atoms with Gasteiger partial charge in [0.15, 0.2) is 12.9 Å². The molecular formula is C60H50BN3OS. The van der Waals surface area contributed by atoms with Crippen LogP contribution in [0.5, 0.6) is 0 Å². The SMILES string of the molecule is CC(C)(C)c1ccc(Nc2cc3c(cc2-c2c4c5c(c6cc(C(C)(C)C)ccc6n5-c5cc6oc(-c7ccccc7)nc6cc5B4)c4sc5ccccc5c24)-c2ccccc2C3(C)C)cc1. The number of fused-ring (bicyclic) bond motifs is 13. The van der Waals surface area contributed by atoms with Gasteiger partial charge in [0, 0.05) is 70.6 Å². The van der Waals surface area contributed by atoms with Gasteiger partial charge < -0.3 is 14.3 Å². The molecule has 13 rings (SSSR count). The van der Waals surface area contributed by atoms with Crippen LogP contribution in [0.1, 0.15) is 77.6 Å². The maximum atomic E-state index is 6.62. The number of rotatable bonds is 4. The second-order valence-corrected chi connectivity index (χ2v) is 22.3. The highest BCUT2D eigenvalue weighted by Gasteiger charge is 2.38. The highest BCUT2D eigenvalue weighted by Crippen LogP contribution is 2.54. The normalized spacial score (nSPS) is 14.0. The lowest BCUT2D eigenvalue weighted by Crippen LogP contribution is -2.37. The van der Waals surface area contributed by atoms with Gasteiger partial charge in [-0.05, 0) is 116 Å². The number of aromatic nitrogens is 2. The Bertz CT molecular complexity index is 3850. The molecule has 4 nitrogen and oxygen atoms in total. The second kappa shape index (κ2) is 13.6. The molecule has 0 spiro atoms. The van der Waals surface area contributed by atoms with Crippen LogP contribution < -0.4 is 16.2 Å². The Morgan fingerprint density at radius 3 is 2.17 bits per heavy atom. The molecule has 66 heavy (non-hydrogen) atoms. The van der Waals surface area contributed by atoms with E-state index in [1.165, 1.54) is 97.4 Å². The van der Waals surface area contributed by atoms with Crippen LogP contribution in [0.4, 0.5) is 11.4 Å². The molecule has 11 aromatic rings. The number of thiophene rings is 1. The average Bonchev–Trinajstić information content (AvgIpc) is 4.05. The molecule has 0 unspecified atom stereocenters. The van der Waals surface area contributed by atoms with Gasteiger partial charge in [-0.2, -0.15) is 0 Å². The fourth-order valence-corrected chi connectivity index (χ4v) is 12.5. The predicted molar refractivity (Wildman–Crippen MR) is 283 cm³/mol. The van der Waals surface area contributed by atoms with Crippen molar-refractivity contribution in [2.75, 3.05) is 5.32 Å². The van der Waals surface area contributed by atoms with E-state index in [4.69, 9.17) is 9.40 Å². The molecule has 0 bridgehead atoms. The van der Waals surface area contributed by atoms with E-state index >= 15 is 0 Å². The molecule has 1 aliphatic carbocycles. The lowest BCUT2D eigenvalue weighted by molar-refractivity contribution is 0.590. The molecule has 4 heterocycles. The molecule has 0 atom stereocenters. The van der Waals surface area contributed by atoms with Crippen molar-refractivity contribution in [1.82, 2.24) is 9.55 Å². The minimum atomic E-state index is -0.169. The summed E-state index contributed by atoms with van der Waals surface area (Å²) < 4.78 is 11.8. The molecule has 3 aromatic heterocycles. The number of nitrogens with one attached hydrogen (secondary N) is 1. The van der Waals surface area contributed by atoms with Gasteiger partial charge in [0.25, 0.3) is 0 Å². The second-order valence-electron chi connectivity index (χ2n) is 21.3. The maximum absolute atomic E-state index is 6.62. The predicted octanol–water partition coefficient (Wildman–Crippen LogP) is 15.0. The zero-order valence-electron chi connectivity index (χ0n) is 38.8. The molecule has 320 valence electrons. The van der Waals surface area contributed by atoms with Crippen molar-refractivity contribution in [2.45, 2.75) is 71.6 Å². The summed E-state index contributed by atoms with van der Waals surface area (Å²) in [7, 11) is 0.742. The summed E-state index contributed by atoms with van der Waals surface area (Å²) in [4.78, 5) is 5.12. The van der Waals surface area contributed by atoms with Gasteiger partial charge in [0.1, 0.15) is 5.52 Å². The lowest BCUT2D eigenvalue weighted by Gasteiger charge is -2.26. The lowest BCUT2D eigenvalue weighted by atomic mass is 9.58. The van der Waals surface area contributed by atoms with Gasteiger partial charge in [-0.15, -0.1) is 11.3 Å². The number of anilines is 2. The zero-order valence-corrected chi connectivity index (χ0v) is 39.6. The van der Waals surface area contributed by atoms with E-state index < -0.39 is 0 Å². The van der Waals surface area contributed by atoms with E-state index in [1.807, 2.05) is 29.5 Å². The van der Waals surface area contributed by atoms with Gasteiger partial charge >= 0.3 is 0 Å². The summed E-state index contributed by atoms with van der Waals surface area (Å²) in [5.74, 6) is 0.642. The van der Waals surface area contributed by atoms with E-state index in [1.54, 1.807) is 0 Å². The van der Waals surface area contributed by atoms with Crippen LogP contribution >= 0.6 is 11.3 Å². The van der Waals surface area contributed by atoms with Crippen molar-refractivity contribution in [3.63, 3.8) is 0 Å². The third-order valence-electron chi connectivity index (χ3n) is 14.7. The van der Waals surface area contributed by atoms with Crippen LogP contribution in [-0.4, -0.2) is 16.8 Å². The van der Waals surface area contributed by atoms with Crippen LogP contribution in [0.15, 0.2) is 150 Å². The van der Waals surface area contributed by atoms with Crippen molar-refractivity contribution in [3.05, 3.63) is 168 Å². The summed E-state index contributed by atoms with van der Waals surface area (Å²) in [6.07, 6.45) is 0. The van der Waals surface area contributed by atoms with Crippen LogP contribution in [0.3, 0.4) is 0 Å². The van der Waals surface area contributed by atoms with Gasteiger partial charge in [-0.3, -0.25) is 0 Å². The largest absolute Gasteiger partial charge is 0.436 e. The minimum absolute atomic E-state index is 0.0251. The first-order valence-electron chi connectivity index (χ1n) is 23.3. The third-order valence-corrected chi connectivity index (χ3v) is 15.9. The quantitative estimate of drug-likeness (QED) is 0.179. The van der Waals surface area contributed by atoms with Crippen LogP contribution in [0, 0.1) is 0 Å². The Morgan fingerprint density at radius 1 is 0.652 bits per heavy atom. The Morgan fingerprint density at radius 2 is 1.38 bits per heavy atom. The van der Waals surface area contributed by atoms with E-state index in [0.717, 1.165) is 41.0 Å². The summed E-state index contributed by atoms with van der Waals surface area (Å²) in [6.45, 7) is 18.6. The first kappa shape index (κ1) is 39.5. The number of hydrogen-bond acceptors (Lipinski definition) is 4. The monoisotopic (exact) mass is 871 g/mol. The fraction of sp³-hybridized carbons (Fsp3) is 0.183. The standard InChI is InChI=1S/C60H50BN3OS/c1-58(2,3)34-22-25-36(26-23-34)62-45-30-43-39(37-18-12-14-20-42(37)60(43,7)8)29-40(45)51-52-38-19-13-15-21-50(38)66-56(52)53-41-28-35(59(4,5)6)24-27-47(41)64-48-32-49-46(31-44(48)61-54(51)55(53)64)63-57(65-49)33-16-10-9-11-17-33/h9-32,61-62H,1-8H3. The number of nitrogens with zero attached hydrogens (tertiary/aromatic N) is 2. The van der Waals surface area contributed by atoms with E-state index in [0.29, 0.717) is 5.89 Å². The summed E-state index contributed by atoms with van der Waals surface area (Å²) in [6, 6.07) is 54.2. The van der Waals surface area contributed by atoms with Gasteiger partial charge in [-0.25, -0.2) is 4.98 Å². The van der Waals surface area contributed by atoms with Gasteiger partial charge in [0.2, 0.25) is 5.89 Å². The van der Waals surface area contributed by atoms with Crippen LogP contribution in [-0.2, 0) is 16.2 Å². The molecular weight excluding hydrogens is 822 g/mol. The number of hydrogen-bond donors (Lipinski definition) is 1. The summed E-state index contributed by atoms with van der Waals surface area (Å²) in [5, 5.41) is 9.31. The Balaban J connectivity index is 1.17. The molecule has 0 saturated carbocycles. The molecule has 8 aromatic carbocycles. The van der Waals surface area contributed by atoms with Crippen LogP contribution in [0.25, 0.3) is 92.5 Å². The highest BCUT2D eigenvalue weighted by atomic mass is 32.1. The van der Waals surface area contributed by atoms with E-state index in [-0.39, 0.29) is 16.2 Å². The minimum Gasteiger partial charge on any atom is -0.436 e.